The van der Waals surface area contributed by atoms with Gasteiger partial charge in [-0.3, -0.25) is 5.10 Å². The van der Waals surface area contributed by atoms with Crippen molar-refractivity contribution in [1.82, 2.24) is 10.2 Å². The monoisotopic (exact) mass is 158 g/mol. The fraction of sp³-hybridized carbons (Fsp3) is 0.500. The Bertz CT molecular complexity index is 226. The van der Waals surface area contributed by atoms with Crippen LogP contribution in [0.3, 0.4) is 0 Å². The molecule has 0 aliphatic carbocycles. The first-order valence-electron chi connectivity index (χ1n) is 3.21. The molecule has 0 bridgehead atoms. The highest BCUT2D eigenvalue weighted by molar-refractivity contribution is 6.88. The van der Waals surface area contributed by atoms with E-state index in [0.29, 0.717) is 5.32 Å². The molecule has 0 aromatic carbocycles. The Kier molecular flexibility index (Phi) is 1.64. The summed E-state index contributed by atoms with van der Waals surface area (Å²) in [5.74, 6) is -0.195. The Labute approximate surface area is 60.5 Å². The Morgan fingerprint density at radius 2 is 2.10 bits per heavy atom. The number of nitrogens with zero attached hydrogens (tertiary/aromatic N) is 1. The number of hydrogen-bond donors (Lipinski definition) is 1. The van der Waals surface area contributed by atoms with Crippen LogP contribution in [0.2, 0.25) is 19.6 Å². The van der Waals surface area contributed by atoms with Crippen molar-refractivity contribution in [3.63, 3.8) is 0 Å². The Hall–Kier alpha value is -0.643. The zero-order chi connectivity index (χ0) is 7.78. The molecule has 0 saturated heterocycles. The summed E-state index contributed by atoms with van der Waals surface area (Å²) in [7, 11) is -1.52. The molecular formula is C6H11FN2Si. The van der Waals surface area contributed by atoms with E-state index in [4.69, 9.17) is 0 Å². The third-order valence-corrected chi connectivity index (χ3v) is 3.19. The lowest BCUT2D eigenvalue weighted by atomic mass is 10.7. The highest BCUT2D eigenvalue weighted by atomic mass is 28.3. The first-order chi connectivity index (χ1) is 4.52. The van der Waals surface area contributed by atoms with Crippen molar-refractivity contribution in [1.29, 1.82) is 0 Å². The van der Waals surface area contributed by atoms with Gasteiger partial charge >= 0.3 is 0 Å². The topological polar surface area (TPSA) is 28.7 Å². The summed E-state index contributed by atoms with van der Waals surface area (Å²) in [6.45, 7) is 6.22. The van der Waals surface area contributed by atoms with Gasteiger partial charge in [0, 0.05) is 0 Å². The summed E-state index contributed by atoms with van der Waals surface area (Å²) < 4.78 is 12.8. The zero-order valence-electron chi connectivity index (χ0n) is 6.40. The molecule has 2 nitrogen and oxygen atoms in total. The number of aromatic nitrogens is 2. The van der Waals surface area contributed by atoms with E-state index in [0.717, 1.165) is 0 Å². The van der Waals surface area contributed by atoms with Crippen molar-refractivity contribution in [2.75, 3.05) is 0 Å². The maximum Gasteiger partial charge on any atom is 0.159 e. The van der Waals surface area contributed by atoms with Gasteiger partial charge in [-0.15, -0.1) is 0 Å². The van der Waals surface area contributed by atoms with Crippen LogP contribution in [0.1, 0.15) is 0 Å². The first-order valence-corrected chi connectivity index (χ1v) is 6.71. The lowest BCUT2D eigenvalue weighted by molar-refractivity contribution is 0.635. The summed E-state index contributed by atoms with van der Waals surface area (Å²) in [4.78, 5) is 0. The fourth-order valence-corrected chi connectivity index (χ4v) is 1.98. The maximum atomic E-state index is 12.8. The summed E-state index contributed by atoms with van der Waals surface area (Å²) >= 11 is 0. The molecule has 1 aromatic heterocycles. The smallest absolute Gasteiger partial charge is 0.159 e. The molecule has 0 aliphatic heterocycles. The number of aromatic amines is 1. The van der Waals surface area contributed by atoms with E-state index in [-0.39, 0.29) is 5.82 Å². The largest absolute Gasteiger partial charge is 0.284 e. The average molecular weight is 158 g/mol. The van der Waals surface area contributed by atoms with E-state index in [2.05, 4.69) is 29.8 Å². The van der Waals surface area contributed by atoms with Gasteiger partial charge in [0.25, 0.3) is 0 Å². The minimum Gasteiger partial charge on any atom is -0.284 e. The standard InChI is InChI=1S/C6H11FN2Si/c1-10(2,3)6-5(7)4-8-9-6/h4H,1-3H3,(H,8,9). The van der Waals surface area contributed by atoms with Crippen LogP contribution in [0.4, 0.5) is 4.39 Å². The Balaban J connectivity index is 3.05. The van der Waals surface area contributed by atoms with E-state index in [1.165, 1.54) is 6.20 Å². The molecule has 0 atom stereocenters. The number of H-pyrrole nitrogens is 1. The molecule has 0 unspecified atom stereocenters. The molecule has 0 aliphatic rings. The van der Waals surface area contributed by atoms with E-state index in [1.807, 2.05) is 0 Å². The Morgan fingerprint density at radius 1 is 1.50 bits per heavy atom. The maximum absolute atomic E-state index is 12.8. The lowest BCUT2D eigenvalue weighted by Gasteiger charge is -2.12. The molecule has 0 spiro atoms. The first kappa shape index (κ1) is 7.46. The quantitative estimate of drug-likeness (QED) is 0.609. The van der Waals surface area contributed by atoms with Gasteiger partial charge in [-0.05, 0) is 0 Å². The van der Waals surface area contributed by atoms with Crippen LogP contribution in [0.25, 0.3) is 0 Å². The van der Waals surface area contributed by atoms with Crippen molar-refractivity contribution < 1.29 is 4.39 Å². The molecule has 56 valence electrons. The highest BCUT2D eigenvalue weighted by Crippen LogP contribution is 2.01. The molecule has 0 fully saturated rings. The molecule has 10 heavy (non-hydrogen) atoms. The zero-order valence-corrected chi connectivity index (χ0v) is 7.40. The van der Waals surface area contributed by atoms with Crippen molar-refractivity contribution in [2.45, 2.75) is 19.6 Å². The highest BCUT2D eigenvalue weighted by Gasteiger charge is 2.22. The van der Waals surface area contributed by atoms with Crippen LogP contribution in [-0.2, 0) is 0 Å². The molecule has 1 aromatic rings. The second kappa shape index (κ2) is 2.19. The van der Waals surface area contributed by atoms with E-state index in [1.54, 1.807) is 0 Å². The van der Waals surface area contributed by atoms with Gasteiger partial charge in [-0.1, -0.05) is 19.6 Å². The summed E-state index contributed by atoms with van der Waals surface area (Å²) in [5, 5.41) is 7.01. The summed E-state index contributed by atoms with van der Waals surface area (Å²) in [6, 6.07) is 0. The van der Waals surface area contributed by atoms with Gasteiger partial charge in [0.05, 0.1) is 11.5 Å². The number of rotatable bonds is 1. The van der Waals surface area contributed by atoms with Crippen LogP contribution in [-0.4, -0.2) is 18.3 Å². The third kappa shape index (κ3) is 1.26. The van der Waals surface area contributed by atoms with Crippen molar-refractivity contribution in [3.05, 3.63) is 12.0 Å². The van der Waals surface area contributed by atoms with E-state index < -0.39 is 8.07 Å². The normalized spacial score (nSPS) is 12.0. The van der Waals surface area contributed by atoms with E-state index >= 15 is 0 Å². The van der Waals surface area contributed by atoms with Crippen LogP contribution in [0, 0.1) is 5.82 Å². The average Bonchev–Trinajstić information content (AvgIpc) is 2.11. The van der Waals surface area contributed by atoms with Crippen LogP contribution in [0.15, 0.2) is 6.20 Å². The van der Waals surface area contributed by atoms with E-state index in [9.17, 15) is 4.39 Å². The lowest BCUT2D eigenvalue weighted by Crippen LogP contribution is -2.40. The minimum atomic E-state index is -1.52. The fourth-order valence-electron chi connectivity index (χ4n) is 0.797. The van der Waals surface area contributed by atoms with Crippen LogP contribution < -0.4 is 5.32 Å². The van der Waals surface area contributed by atoms with Crippen LogP contribution >= 0.6 is 0 Å². The SMILES string of the molecule is C[Si](C)(C)c1[nH]ncc1F. The van der Waals surface area contributed by atoms with Gasteiger partial charge in [0.1, 0.15) is 8.07 Å². The molecule has 4 heteroatoms. The molecular weight excluding hydrogens is 147 g/mol. The summed E-state index contributed by atoms with van der Waals surface area (Å²) in [6.07, 6.45) is 1.23. The molecule has 1 rings (SSSR count). The van der Waals surface area contributed by atoms with Gasteiger partial charge < -0.3 is 0 Å². The van der Waals surface area contributed by atoms with Gasteiger partial charge in [-0.2, -0.15) is 5.10 Å². The second-order valence-electron chi connectivity index (χ2n) is 3.34. The van der Waals surface area contributed by atoms with Crippen molar-refractivity contribution >= 4 is 13.4 Å². The minimum absolute atomic E-state index is 0.195. The van der Waals surface area contributed by atoms with Crippen molar-refractivity contribution in [3.8, 4) is 0 Å². The molecule has 1 heterocycles. The van der Waals surface area contributed by atoms with Crippen molar-refractivity contribution in [2.24, 2.45) is 0 Å². The van der Waals surface area contributed by atoms with Gasteiger partial charge in [-0.25, -0.2) is 4.39 Å². The number of nitrogens with one attached hydrogen (secondary N) is 1. The molecule has 0 radical (unpaired) electrons. The molecule has 0 amide bonds. The molecule has 0 saturated carbocycles. The third-order valence-electron chi connectivity index (χ3n) is 1.34. The Morgan fingerprint density at radius 3 is 2.30 bits per heavy atom. The summed E-state index contributed by atoms with van der Waals surface area (Å²) in [5.41, 5.74) is 0. The predicted molar refractivity (Wildman–Crippen MR) is 41.5 cm³/mol. The van der Waals surface area contributed by atoms with Gasteiger partial charge in [0.2, 0.25) is 0 Å². The van der Waals surface area contributed by atoms with Gasteiger partial charge in [0.15, 0.2) is 5.82 Å². The molecule has 1 N–H and O–H groups in total. The predicted octanol–water partition coefficient (Wildman–Crippen LogP) is 1.09. The number of hydrogen-bond acceptors (Lipinski definition) is 1. The number of halogens is 1. The van der Waals surface area contributed by atoms with Crippen LogP contribution in [0.5, 0.6) is 0 Å². The second-order valence-corrected chi connectivity index (χ2v) is 8.34.